The van der Waals surface area contributed by atoms with Crippen molar-refractivity contribution in [2.75, 3.05) is 52.4 Å². The molecule has 52 heavy (non-hydrogen) atoms. The van der Waals surface area contributed by atoms with Crippen molar-refractivity contribution in [3.8, 4) is 0 Å². The summed E-state index contributed by atoms with van der Waals surface area (Å²) < 4.78 is 82.9. The molecule has 4 aliphatic rings. The number of rotatable bonds is 4. The van der Waals surface area contributed by atoms with Crippen LogP contribution in [-0.4, -0.2) is 103 Å². The number of likely N-dealkylation sites (tertiary alicyclic amines) is 3. The van der Waals surface area contributed by atoms with E-state index in [1.807, 2.05) is 60.7 Å². The highest BCUT2D eigenvalue weighted by molar-refractivity contribution is 5.88. The van der Waals surface area contributed by atoms with Gasteiger partial charge in [-0.2, -0.15) is 26.3 Å². The zero-order valence-corrected chi connectivity index (χ0v) is 30.4. The number of halogens is 7. The van der Waals surface area contributed by atoms with Gasteiger partial charge in [0.15, 0.2) is 0 Å². The predicted molar refractivity (Wildman–Crippen MR) is 185 cm³/mol. The number of hydrogen-bond donors (Lipinski definition) is 1. The van der Waals surface area contributed by atoms with Crippen LogP contribution in [0.2, 0.25) is 0 Å². The summed E-state index contributed by atoms with van der Waals surface area (Å²) in [5.74, 6) is -1.48. The van der Waals surface area contributed by atoms with Crippen LogP contribution in [0.25, 0.3) is 0 Å². The number of hydrogen-bond acceptors (Lipinski definition) is 5. The van der Waals surface area contributed by atoms with Gasteiger partial charge in [-0.25, -0.2) is 4.79 Å². The van der Waals surface area contributed by atoms with E-state index >= 15 is 0 Å². The van der Waals surface area contributed by atoms with Gasteiger partial charge in [-0.1, -0.05) is 60.7 Å². The minimum Gasteiger partial charge on any atom is -0.444 e. The first-order valence-electron chi connectivity index (χ1n) is 17.3. The number of nitrogens with one attached hydrogen (secondary N) is 1. The summed E-state index contributed by atoms with van der Waals surface area (Å²) in [5.41, 5.74) is -0.726. The zero-order valence-electron chi connectivity index (χ0n) is 29.6. The fourth-order valence-electron chi connectivity index (χ4n) is 8.24. The van der Waals surface area contributed by atoms with Crippen LogP contribution in [-0.2, 0) is 14.3 Å². The number of amides is 3. The number of ether oxygens (including phenoxy) is 1. The van der Waals surface area contributed by atoms with Crippen LogP contribution in [0.4, 0.5) is 31.1 Å². The third-order valence-corrected chi connectivity index (χ3v) is 10.3. The van der Waals surface area contributed by atoms with Gasteiger partial charge in [0.1, 0.15) is 18.7 Å². The van der Waals surface area contributed by atoms with E-state index in [4.69, 9.17) is 4.74 Å². The maximum atomic E-state index is 13.2. The van der Waals surface area contributed by atoms with E-state index in [1.54, 1.807) is 20.8 Å². The molecule has 0 bridgehead atoms. The highest BCUT2D eigenvalue weighted by atomic mass is 35.5. The molecular weight excluding hydrogens is 714 g/mol. The Hall–Kier alpha value is -3.52. The third-order valence-electron chi connectivity index (χ3n) is 10.3. The molecule has 2 aromatic rings. The first kappa shape index (κ1) is 41.2. The highest BCUT2D eigenvalue weighted by Crippen LogP contribution is 2.51. The number of piperidine rings is 2. The number of alkyl halides is 6. The number of carbonyl (C=O) groups excluding carboxylic acids is 3. The van der Waals surface area contributed by atoms with Crippen LogP contribution in [0, 0.1) is 10.8 Å². The van der Waals surface area contributed by atoms with Gasteiger partial charge in [0.05, 0.1) is 10.8 Å². The molecule has 15 heteroatoms. The molecule has 0 aromatic heterocycles. The predicted octanol–water partition coefficient (Wildman–Crippen LogP) is 7.16. The normalized spacial score (nSPS) is 26.7. The Kier molecular flexibility index (Phi) is 12.6. The average Bonchev–Trinajstić information content (AvgIpc) is 3.45. The van der Waals surface area contributed by atoms with E-state index in [-0.39, 0.29) is 43.9 Å². The van der Waals surface area contributed by atoms with Crippen molar-refractivity contribution in [2.45, 2.75) is 76.2 Å². The van der Waals surface area contributed by atoms with Crippen LogP contribution in [0.5, 0.6) is 0 Å². The van der Waals surface area contributed by atoms with E-state index in [9.17, 15) is 40.7 Å². The molecule has 4 saturated heterocycles. The van der Waals surface area contributed by atoms with E-state index < -0.39 is 59.8 Å². The summed E-state index contributed by atoms with van der Waals surface area (Å²) in [7, 11) is 0. The van der Waals surface area contributed by atoms with Crippen LogP contribution in [0.1, 0.15) is 69.4 Å². The Bertz CT molecular complexity index is 1530. The lowest BCUT2D eigenvalue weighted by Gasteiger charge is -2.42. The van der Waals surface area contributed by atoms with Crippen molar-refractivity contribution >= 4 is 30.3 Å². The van der Waals surface area contributed by atoms with Crippen molar-refractivity contribution in [1.29, 1.82) is 0 Å². The van der Waals surface area contributed by atoms with Gasteiger partial charge in [0.25, 0.3) is 0 Å². The first-order valence-corrected chi connectivity index (χ1v) is 17.3. The van der Waals surface area contributed by atoms with Crippen molar-refractivity contribution in [1.82, 2.24) is 20.0 Å². The molecule has 4 heterocycles. The molecule has 4 atom stereocenters. The van der Waals surface area contributed by atoms with Crippen molar-refractivity contribution < 1.29 is 45.5 Å². The van der Waals surface area contributed by atoms with Gasteiger partial charge in [-0.15, -0.1) is 12.4 Å². The molecule has 2 aromatic carbocycles. The number of carbonyl (C=O) groups is 3. The molecule has 0 saturated carbocycles. The van der Waals surface area contributed by atoms with Gasteiger partial charge in [0.2, 0.25) is 11.8 Å². The third kappa shape index (κ3) is 9.34. The van der Waals surface area contributed by atoms with Crippen LogP contribution < -0.4 is 5.32 Å². The van der Waals surface area contributed by atoms with Crippen LogP contribution in [0.3, 0.4) is 0 Å². The van der Waals surface area contributed by atoms with Gasteiger partial charge in [-0.3, -0.25) is 9.59 Å². The Morgan fingerprint density at radius 3 is 1.67 bits per heavy atom. The molecule has 2 spiro atoms. The molecule has 4 fully saturated rings. The minimum absolute atomic E-state index is 0. The monoisotopic (exact) mass is 760 g/mol. The molecule has 4 aliphatic heterocycles. The zero-order chi connectivity index (χ0) is 37.2. The molecule has 3 amide bonds. The first-order chi connectivity index (χ1) is 23.8. The largest absolute Gasteiger partial charge is 0.444 e. The van der Waals surface area contributed by atoms with Gasteiger partial charge < -0.3 is 24.8 Å². The lowest BCUT2D eigenvalue weighted by molar-refractivity contribution is -0.162. The number of nitrogens with zero attached hydrogens (tertiary/aromatic N) is 3. The Morgan fingerprint density at radius 1 is 0.769 bits per heavy atom. The molecule has 0 radical (unpaired) electrons. The van der Waals surface area contributed by atoms with Gasteiger partial charge >= 0.3 is 18.4 Å². The summed E-state index contributed by atoms with van der Waals surface area (Å²) in [5, 5.41) is 3.20. The maximum absolute atomic E-state index is 13.2. The van der Waals surface area contributed by atoms with E-state index in [0.717, 1.165) is 33.9 Å². The van der Waals surface area contributed by atoms with Gasteiger partial charge in [0, 0.05) is 44.6 Å². The van der Waals surface area contributed by atoms with Crippen LogP contribution in [0.15, 0.2) is 60.7 Å². The average molecular weight is 761 g/mol. The molecule has 6 rings (SSSR count). The Labute approximate surface area is 306 Å². The van der Waals surface area contributed by atoms with Crippen molar-refractivity contribution in [3.63, 3.8) is 0 Å². The van der Waals surface area contributed by atoms with E-state index in [0.29, 0.717) is 32.4 Å². The molecule has 8 nitrogen and oxygen atoms in total. The van der Waals surface area contributed by atoms with Crippen LogP contribution >= 0.6 is 12.4 Å². The minimum atomic E-state index is -4.47. The van der Waals surface area contributed by atoms with Gasteiger partial charge in [-0.05, 0) is 64.1 Å². The lowest BCUT2D eigenvalue weighted by atomic mass is 9.69. The second-order valence-electron chi connectivity index (χ2n) is 15.1. The topological polar surface area (TPSA) is 82.2 Å². The molecule has 4 unspecified atom stereocenters. The second kappa shape index (κ2) is 15.8. The Balaban J connectivity index is 0.000000236. The molecule has 1 N–H and O–H groups in total. The molecule has 0 aliphatic carbocycles. The fourth-order valence-corrected chi connectivity index (χ4v) is 8.24. The smallest absolute Gasteiger partial charge is 0.410 e. The maximum Gasteiger partial charge on any atom is 0.410 e. The standard InChI is InChI=1S/C21H27F3N2O3.C16H19F3N2O.ClH/c1-19(2,3)29-18(28)25-11-7-10-20(13-25)16(15-8-5-4-6-9-15)12-26(17(20)27)14-21(22,23)24;17-16(18,19)11-21-9-13(12-5-2-1-3-6-12)15(14(21)22)7-4-8-20-10-15;/h4-6,8-9,16H,7,10-14H2,1-3H3;1-3,5-6,13,20H,4,7-11H2;1H. The highest BCUT2D eigenvalue weighted by Gasteiger charge is 2.58. The molecule has 288 valence electrons. The quantitative estimate of drug-likeness (QED) is 0.335. The van der Waals surface area contributed by atoms with E-state index in [1.165, 1.54) is 4.90 Å². The summed E-state index contributed by atoms with van der Waals surface area (Å²) in [6, 6.07) is 18.6. The van der Waals surface area contributed by atoms with Crippen molar-refractivity contribution in [3.05, 3.63) is 71.8 Å². The SMILES string of the molecule is CC(C)(C)OC(=O)N1CCCC2(C1)C(=O)N(CC(F)(F)F)CC2c1ccccc1.Cl.O=C1N(CC(F)(F)F)CC(c2ccccc2)C12CCCNC2. The van der Waals surface area contributed by atoms with Crippen molar-refractivity contribution in [2.24, 2.45) is 10.8 Å². The summed E-state index contributed by atoms with van der Waals surface area (Å²) >= 11 is 0. The molecular formula is C37H47ClF6N4O4. The van der Waals surface area contributed by atoms with E-state index in [2.05, 4.69) is 5.32 Å². The summed E-state index contributed by atoms with van der Waals surface area (Å²) in [6.07, 6.45) is -6.92. The number of benzene rings is 2. The summed E-state index contributed by atoms with van der Waals surface area (Å²) in [6.45, 7) is 4.72. The summed E-state index contributed by atoms with van der Waals surface area (Å²) in [4.78, 5) is 41.9. The fraction of sp³-hybridized carbons (Fsp3) is 0.595. The Morgan fingerprint density at radius 2 is 1.23 bits per heavy atom. The lowest BCUT2D eigenvalue weighted by Crippen LogP contribution is -2.53. The second-order valence-corrected chi connectivity index (χ2v) is 15.1.